The number of furan rings is 2. The molecule has 1 aliphatic rings. The summed E-state index contributed by atoms with van der Waals surface area (Å²) in [5, 5.41) is 8.36. The molecule has 0 radical (unpaired) electrons. The fourth-order valence-electron chi connectivity index (χ4n) is 9.80. The van der Waals surface area contributed by atoms with Crippen LogP contribution in [0.1, 0.15) is 25.0 Å². The van der Waals surface area contributed by atoms with Crippen LogP contribution in [0.4, 0.5) is 0 Å². The van der Waals surface area contributed by atoms with E-state index in [4.69, 9.17) is 8.83 Å². The lowest BCUT2D eigenvalue weighted by Gasteiger charge is -2.21. The van der Waals surface area contributed by atoms with Crippen molar-refractivity contribution in [2.75, 3.05) is 0 Å². The van der Waals surface area contributed by atoms with Crippen molar-refractivity contribution in [1.82, 2.24) is 0 Å². The van der Waals surface area contributed by atoms with Gasteiger partial charge in [0.2, 0.25) is 0 Å². The number of rotatable bonds is 4. The third-order valence-electron chi connectivity index (χ3n) is 12.5. The van der Waals surface area contributed by atoms with Crippen LogP contribution in [0.2, 0.25) is 0 Å². The second-order valence-corrected chi connectivity index (χ2v) is 16.0. The lowest BCUT2D eigenvalue weighted by Crippen LogP contribution is -2.14. The maximum atomic E-state index is 6.72. The summed E-state index contributed by atoms with van der Waals surface area (Å²) in [5.74, 6) is 0. The standard InChI is InChI=1S/C55H36O2/c1-55(2)47-20-8-7-19-45(47)53-48(55)24-23-44-46-32-36(22-26-50(46)57-54(44)53)34-12-10-14-39(31-34)52-42-17-5-3-15-40(42)51(41-16-4-6-18-43(41)52)38-13-9-11-33(30-38)35-21-25-49-37(29-35)27-28-56-49/h3-32H,1-2H3. The Morgan fingerprint density at radius 3 is 1.60 bits per heavy atom. The average Bonchev–Trinajstić information content (AvgIpc) is 3.95. The van der Waals surface area contributed by atoms with Crippen molar-refractivity contribution in [2.45, 2.75) is 19.3 Å². The minimum Gasteiger partial charge on any atom is -0.464 e. The molecular weight excluding hydrogens is 693 g/mol. The average molecular weight is 729 g/mol. The van der Waals surface area contributed by atoms with Crippen molar-refractivity contribution >= 4 is 54.5 Å². The van der Waals surface area contributed by atoms with Gasteiger partial charge in [0.1, 0.15) is 16.7 Å². The van der Waals surface area contributed by atoms with E-state index in [1.165, 1.54) is 88.3 Å². The number of fused-ring (bicyclic) bond motifs is 10. The number of benzene rings is 9. The summed E-state index contributed by atoms with van der Waals surface area (Å²) in [6.45, 7) is 4.64. The zero-order chi connectivity index (χ0) is 37.8. The summed E-state index contributed by atoms with van der Waals surface area (Å²) in [7, 11) is 0. The molecule has 2 aromatic heterocycles. The van der Waals surface area contributed by atoms with Gasteiger partial charge in [-0.2, -0.15) is 0 Å². The molecule has 0 spiro atoms. The van der Waals surface area contributed by atoms with Crippen molar-refractivity contribution < 1.29 is 8.83 Å². The van der Waals surface area contributed by atoms with Crippen LogP contribution in [0, 0.1) is 0 Å². The van der Waals surface area contributed by atoms with E-state index in [1.54, 1.807) is 6.26 Å². The van der Waals surface area contributed by atoms with Gasteiger partial charge in [-0.15, -0.1) is 0 Å². The molecule has 0 unspecified atom stereocenters. The Balaban J connectivity index is 1.01. The number of hydrogen-bond donors (Lipinski definition) is 0. The third-order valence-corrected chi connectivity index (χ3v) is 12.5. The highest BCUT2D eigenvalue weighted by Crippen LogP contribution is 2.53. The third kappa shape index (κ3) is 4.71. The van der Waals surface area contributed by atoms with Gasteiger partial charge in [0.15, 0.2) is 0 Å². The first kappa shape index (κ1) is 32.1. The predicted octanol–water partition coefficient (Wildman–Crippen LogP) is 15.6. The first-order valence-corrected chi connectivity index (χ1v) is 19.7. The summed E-state index contributed by atoms with van der Waals surface area (Å²) in [6, 6.07) is 64.3. The second kappa shape index (κ2) is 11.9. The lowest BCUT2D eigenvalue weighted by atomic mass is 9.82. The zero-order valence-corrected chi connectivity index (χ0v) is 31.6. The first-order chi connectivity index (χ1) is 28.0. The SMILES string of the molecule is CC1(C)c2ccccc2-c2c1ccc1c2oc2ccc(-c3cccc(-c4c5ccccc5c(-c5cccc(-c6ccc7occc7c6)c5)c5ccccc45)c3)cc21. The minimum atomic E-state index is -0.0718. The van der Waals surface area contributed by atoms with E-state index in [0.29, 0.717) is 0 Å². The predicted molar refractivity (Wildman–Crippen MR) is 238 cm³/mol. The highest BCUT2D eigenvalue weighted by Gasteiger charge is 2.37. The van der Waals surface area contributed by atoms with Crippen LogP contribution < -0.4 is 0 Å². The molecule has 0 bridgehead atoms. The smallest absolute Gasteiger partial charge is 0.143 e. The molecule has 0 saturated heterocycles. The van der Waals surface area contributed by atoms with Gasteiger partial charge in [-0.1, -0.05) is 147 Å². The molecule has 12 rings (SSSR count). The van der Waals surface area contributed by atoms with E-state index in [1.807, 2.05) is 6.07 Å². The molecule has 2 heterocycles. The fraction of sp³-hybridized carbons (Fsp3) is 0.0545. The van der Waals surface area contributed by atoms with Crippen molar-refractivity contribution in [3.05, 3.63) is 193 Å². The minimum absolute atomic E-state index is 0.0718. The highest BCUT2D eigenvalue weighted by molar-refractivity contribution is 6.22. The summed E-state index contributed by atoms with van der Waals surface area (Å²) >= 11 is 0. The van der Waals surface area contributed by atoms with Gasteiger partial charge in [0.05, 0.1) is 6.26 Å². The van der Waals surface area contributed by atoms with Crippen LogP contribution in [-0.2, 0) is 5.41 Å². The Bertz CT molecular complexity index is 3390. The summed E-state index contributed by atoms with van der Waals surface area (Å²) in [6.07, 6.45) is 1.75. The quantitative estimate of drug-likeness (QED) is 0.169. The second-order valence-electron chi connectivity index (χ2n) is 16.0. The van der Waals surface area contributed by atoms with Crippen molar-refractivity contribution in [3.8, 4) is 55.6 Å². The van der Waals surface area contributed by atoms with Crippen molar-refractivity contribution in [2.24, 2.45) is 0 Å². The molecule has 0 aliphatic heterocycles. The lowest BCUT2D eigenvalue weighted by molar-refractivity contribution is 0.616. The maximum absolute atomic E-state index is 6.72. The Morgan fingerprint density at radius 2 is 0.930 bits per heavy atom. The summed E-state index contributed by atoms with van der Waals surface area (Å²) in [4.78, 5) is 0. The van der Waals surface area contributed by atoms with Crippen LogP contribution in [0.5, 0.6) is 0 Å². The molecule has 0 saturated carbocycles. The maximum Gasteiger partial charge on any atom is 0.143 e. The van der Waals surface area contributed by atoms with Crippen LogP contribution >= 0.6 is 0 Å². The molecule has 0 amide bonds. The molecule has 0 N–H and O–H groups in total. The van der Waals surface area contributed by atoms with Gasteiger partial charge in [-0.25, -0.2) is 0 Å². The molecule has 9 aromatic carbocycles. The van der Waals surface area contributed by atoms with Gasteiger partial charge in [-0.05, 0) is 125 Å². The molecule has 2 heteroatoms. The van der Waals surface area contributed by atoms with Crippen LogP contribution in [-0.4, -0.2) is 0 Å². The monoisotopic (exact) mass is 728 g/mol. The van der Waals surface area contributed by atoms with Gasteiger partial charge in [0.25, 0.3) is 0 Å². The van der Waals surface area contributed by atoms with Crippen LogP contribution in [0.25, 0.3) is 110 Å². The Kier molecular flexibility index (Phi) is 6.72. The van der Waals surface area contributed by atoms with E-state index in [0.717, 1.165) is 32.9 Å². The molecule has 0 atom stereocenters. The molecule has 268 valence electrons. The van der Waals surface area contributed by atoms with Crippen molar-refractivity contribution in [3.63, 3.8) is 0 Å². The van der Waals surface area contributed by atoms with E-state index < -0.39 is 0 Å². The number of hydrogen-bond acceptors (Lipinski definition) is 2. The molecule has 1 aliphatic carbocycles. The summed E-state index contributed by atoms with van der Waals surface area (Å²) in [5.41, 5.74) is 17.5. The molecule has 0 fully saturated rings. The summed E-state index contributed by atoms with van der Waals surface area (Å²) < 4.78 is 12.3. The first-order valence-electron chi connectivity index (χ1n) is 19.7. The normalized spacial score (nSPS) is 13.2. The highest BCUT2D eigenvalue weighted by atomic mass is 16.3. The van der Waals surface area contributed by atoms with E-state index in [2.05, 4.69) is 184 Å². The molecule has 2 nitrogen and oxygen atoms in total. The topological polar surface area (TPSA) is 26.3 Å². The molecule has 11 aromatic rings. The Labute approximate surface area is 330 Å². The van der Waals surface area contributed by atoms with Gasteiger partial charge < -0.3 is 8.83 Å². The molecular formula is C55H36O2. The van der Waals surface area contributed by atoms with Gasteiger partial charge in [0, 0.05) is 27.1 Å². The Hall–Kier alpha value is -7.16. The van der Waals surface area contributed by atoms with Crippen LogP contribution in [0.15, 0.2) is 191 Å². The van der Waals surface area contributed by atoms with Gasteiger partial charge in [-0.3, -0.25) is 0 Å². The molecule has 57 heavy (non-hydrogen) atoms. The van der Waals surface area contributed by atoms with Gasteiger partial charge >= 0.3 is 0 Å². The van der Waals surface area contributed by atoms with Crippen LogP contribution in [0.3, 0.4) is 0 Å². The fourth-order valence-corrected chi connectivity index (χ4v) is 9.80. The van der Waals surface area contributed by atoms with E-state index in [-0.39, 0.29) is 5.41 Å². The van der Waals surface area contributed by atoms with E-state index >= 15 is 0 Å². The van der Waals surface area contributed by atoms with E-state index in [9.17, 15) is 0 Å². The zero-order valence-electron chi connectivity index (χ0n) is 31.6. The van der Waals surface area contributed by atoms with Crippen molar-refractivity contribution in [1.29, 1.82) is 0 Å². The Morgan fingerprint density at radius 1 is 0.368 bits per heavy atom. The largest absolute Gasteiger partial charge is 0.464 e.